The number of rotatable bonds is 3. The number of benzene rings is 1. The first-order valence-corrected chi connectivity index (χ1v) is 4.89. The van der Waals surface area contributed by atoms with Gasteiger partial charge in [-0.2, -0.15) is 0 Å². The highest BCUT2D eigenvalue weighted by atomic mass is 16.6. The lowest BCUT2D eigenvalue weighted by Crippen LogP contribution is -1.99. The molecule has 7 heteroatoms. The van der Waals surface area contributed by atoms with Gasteiger partial charge in [-0.25, -0.2) is 4.68 Å². The van der Waals surface area contributed by atoms with Gasteiger partial charge in [0, 0.05) is 12.1 Å². The van der Waals surface area contributed by atoms with Crippen molar-refractivity contribution in [1.29, 1.82) is 0 Å². The zero-order valence-corrected chi connectivity index (χ0v) is 9.07. The summed E-state index contributed by atoms with van der Waals surface area (Å²) >= 11 is 0. The second-order valence-corrected chi connectivity index (χ2v) is 3.54. The van der Waals surface area contributed by atoms with Crippen molar-refractivity contribution in [3.8, 4) is 5.69 Å². The van der Waals surface area contributed by atoms with Gasteiger partial charge in [0.1, 0.15) is 5.69 Å². The van der Waals surface area contributed by atoms with Crippen LogP contribution < -0.4 is 0 Å². The minimum atomic E-state index is -0.447. The number of aliphatic hydroxyl groups excluding tert-OH is 1. The molecule has 88 valence electrons. The van der Waals surface area contributed by atoms with Crippen molar-refractivity contribution in [3.63, 3.8) is 0 Å². The first-order chi connectivity index (χ1) is 8.11. The molecule has 1 aromatic carbocycles. The molecule has 1 N–H and O–H groups in total. The van der Waals surface area contributed by atoms with E-state index in [1.165, 1.54) is 16.8 Å². The summed E-state index contributed by atoms with van der Waals surface area (Å²) in [6.07, 6.45) is 1.58. The van der Waals surface area contributed by atoms with E-state index in [4.69, 9.17) is 5.11 Å². The summed E-state index contributed by atoms with van der Waals surface area (Å²) in [5.41, 5.74) is 1.90. The monoisotopic (exact) mass is 234 g/mol. The number of nitrogens with zero attached hydrogens (tertiary/aromatic N) is 4. The summed E-state index contributed by atoms with van der Waals surface area (Å²) in [7, 11) is 0. The zero-order valence-electron chi connectivity index (χ0n) is 9.07. The number of aromatic nitrogens is 3. The number of nitro benzene ring substituents is 1. The van der Waals surface area contributed by atoms with Crippen LogP contribution in [0.25, 0.3) is 5.69 Å². The molecule has 1 heterocycles. The van der Waals surface area contributed by atoms with Gasteiger partial charge in [-0.15, -0.1) is 5.10 Å². The summed E-state index contributed by atoms with van der Waals surface area (Å²) in [4.78, 5) is 10.1. The number of nitro groups is 1. The van der Waals surface area contributed by atoms with Crippen molar-refractivity contribution in [2.45, 2.75) is 13.5 Å². The number of aliphatic hydroxyl groups is 1. The largest absolute Gasteiger partial charge is 0.390 e. The molecule has 2 rings (SSSR count). The highest BCUT2D eigenvalue weighted by Crippen LogP contribution is 2.19. The number of hydrogen-bond acceptors (Lipinski definition) is 5. The Hall–Kier alpha value is -2.28. The maximum absolute atomic E-state index is 10.6. The lowest BCUT2D eigenvalue weighted by Gasteiger charge is -2.03. The topological polar surface area (TPSA) is 94.1 Å². The van der Waals surface area contributed by atoms with Crippen molar-refractivity contribution >= 4 is 5.69 Å². The number of aryl methyl sites for hydroxylation is 1. The summed E-state index contributed by atoms with van der Waals surface area (Å²) in [6.45, 7) is 1.56. The van der Waals surface area contributed by atoms with E-state index in [0.717, 1.165) is 0 Å². The van der Waals surface area contributed by atoms with E-state index in [0.29, 0.717) is 16.9 Å². The molecule has 0 spiro atoms. The molecule has 0 amide bonds. The molecule has 0 saturated heterocycles. The van der Waals surface area contributed by atoms with Gasteiger partial charge >= 0.3 is 0 Å². The molecule has 0 aliphatic rings. The normalized spacial score (nSPS) is 10.5. The molecular formula is C10H10N4O3. The summed E-state index contributed by atoms with van der Waals surface area (Å²) in [6, 6.07) is 4.47. The summed E-state index contributed by atoms with van der Waals surface area (Å²) < 4.78 is 1.48. The molecule has 0 unspecified atom stereocenters. The smallest absolute Gasteiger partial charge is 0.269 e. The van der Waals surface area contributed by atoms with Gasteiger partial charge in [0.2, 0.25) is 0 Å². The number of non-ortho nitro benzene ring substituents is 1. The lowest BCUT2D eigenvalue weighted by atomic mass is 10.2. The minimum absolute atomic E-state index is 0.0359. The molecule has 17 heavy (non-hydrogen) atoms. The summed E-state index contributed by atoms with van der Waals surface area (Å²) in [5.74, 6) is 0. The Labute approximate surface area is 96.5 Å². The molecule has 0 fully saturated rings. The van der Waals surface area contributed by atoms with Crippen molar-refractivity contribution in [1.82, 2.24) is 15.0 Å². The molecule has 0 atom stereocenters. The van der Waals surface area contributed by atoms with Crippen molar-refractivity contribution in [3.05, 3.63) is 45.8 Å². The van der Waals surface area contributed by atoms with E-state index in [1.54, 1.807) is 19.2 Å². The fourth-order valence-corrected chi connectivity index (χ4v) is 1.50. The van der Waals surface area contributed by atoms with E-state index < -0.39 is 4.92 Å². The molecule has 0 aliphatic heterocycles. The van der Waals surface area contributed by atoms with Gasteiger partial charge in [0.25, 0.3) is 5.69 Å². The van der Waals surface area contributed by atoms with E-state index in [2.05, 4.69) is 10.3 Å². The Bertz CT molecular complexity index is 564. The minimum Gasteiger partial charge on any atom is -0.390 e. The van der Waals surface area contributed by atoms with Gasteiger partial charge in [-0.1, -0.05) is 5.21 Å². The third-order valence-corrected chi connectivity index (χ3v) is 2.34. The molecule has 0 saturated carbocycles. The predicted molar refractivity (Wildman–Crippen MR) is 58.7 cm³/mol. The first kappa shape index (κ1) is 11.2. The van der Waals surface area contributed by atoms with Crippen molar-refractivity contribution < 1.29 is 10.0 Å². The van der Waals surface area contributed by atoms with Gasteiger partial charge in [0.05, 0.1) is 23.4 Å². The Morgan fingerprint density at radius 3 is 2.82 bits per heavy atom. The van der Waals surface area contributed by atoms with Gasteiger partial charge in [-0.05, 0) is 18.6 Å². The van der Waals surface area contributed by atoms with Gasteiger partial charge in [-0.3, -0.25) is 10.1 Å². The second-order valence-electron chi connectivity index (χ2n) is 3.54. The molecule has 2 aromatic rings. The lowest BCUT2D eigenvalue weighted by molar-refractivity contribution is -0.384. The van der Waals surface area contributed by atoms with E-state index in [9.17, 15) is 10.1 Å². The quantitative estimate of drug-likeness (QED) is 0.631. The molecular weight excluding hydrogens is 224 g/mol. The Kier molecular flexibility index (Phi) is 2.84. The molecule has 0 aliphatic carbocycles. The SMILES string of the molecule is Cc1cc([N+](=O)[O-])ccc1-n1cc(CO)nn1. The second kappa shape index (κ2) is 4.30. The van der Waals surface area contributed by atoms with Crippen LogP contribution in [0.5, 0.6) is 0 Å². The van der Waals surface area contributed by atoms with E-state index in [1.807, 2.05) is 0 Å². The molecule has 0 radical (unpaired) electrons. The number of hydrogen-bond donors (Lipinski definition) is 1. The highest BCUT2D eigenvalue weighted by molar-refractivity contribution is 5.47. The van der Waals surface area contributed by atoms with E-state index >= 15 is 0 Å². The molecule has 7 nitrogen and oxygen atoms in total. The van der Waals surface area contributed by atoms with Crippen molar-refractivity contribution in [2.75, 3.05) is 0 Å². The standard InChI is InChI=1S/C10H10N4O3/c1-7-4-9(14(16)17)2-3-10(7)13-5-8(6-15)11-12-13/h2-5,15H,6H2,1H3. The van der Waals surface area contributed by atoms with Crippen LogP contribution in [0.4, 0.5) is 5.69 Å². The Morgan fingerprint density at radius 2 is 2.29 bits per heavy atom. The molecule has 1 aromatic heterocycles. The van der Waals surface area contributed by atoms with Crippen LogP contribution in [0.2, 0.25) is 0 Å². The zero-order chi connectivity index (χ0) is 12.4. The van der Waals surface area contributed by atoms with Crippen LogP contribution in [0.1, 0.15) is 11.3 Å². The Balaban J connectivity index is 2.42. The fourth-order valence-electron chi connectivity index (χ4n) is 1.50. The van der Waals surface area contributed by atoms with Crippen LogP contribution in [0, 0.1) is 17.0 Å². The maximum atomic E-state index is 10.6. The van der Waals surface area contributed by atoms with Crippen molar-refractivity contribution in [2.24, 2.45) is 0 Å². The van der Waals surface area contributed by atoms with Gasteiger partial charge < -0.3 is 5.11 Å². The third-order valence-electron chi connectivity index (χ3n) is 2.34. The third kappa shape index (κ3) is 2.13. The van der Waals surface area contributed by atoms with Crippen LogP contribution in [0.15, 0.2) is 24.4 Å². The van der Waals surface area contributed by atoms with Crippen LogP contribution in [-0.2, 0) is 6.61 Å². The van der Waals surface area contributed by atoms with Crippen LogP contribution >= 0.6 is 0 Å². The maximum Gasteiger partial charge on any atom is 0.269 e. The van der Waals surface area contributed by atoms with E-state index in [-0.39, 0.29) is 12.3 Å². The average Bonchev–Trinajstić information content (AvgIpc) is 2.77. The predicted octanol–water partition coefficient (Wildman–Crippen LogP) is 0.976. The summed E-state index contributed by atoms with van der Waals surface area (Å²) in [5, 5.41) is 27.0. The average molecular weight is 234 g/mol. The molecule has 0 bridgehead atoms. The fraction of sp³-hybridized carbons (Fsp3) is 0.200. The van der Waals surface area contributed by atoms with Gasteiger partial charge in [0.15, 0.2) is 0 Å². The Morgan fingerprint density at radius 1 is 1.53 bits per heavy atom. The van der Waals surface area contributed by atoms with Crippen LogP contribution in [0.3, 0.4) is 0 Å². The highest BCUT2D eigenvalue weighted by Gasteiger charge is 2.10. The first-order valence-electron chi connectivity index (χ1n) is 4.89. The van der Waals surface area contributed by atoms with Crippen LogP contribution in [-0.4, -0.2) is 25.0 Å².